The summed E-state index contributed by atoms with van der Waals surface area (Å²) in [7, 11) is 1.19. The molecule has 0 unspecified atom stereocenters. The number of nitrogens with zero attached hydrogens (tertiary/aromatic N) is 1. The summed E-state index contributed by atoms with van der Waals surface area (Å²) in [4.78, 5) is 21.4. The van der Waals surface area contributed by atoms with Crippen molar-refractivity contribution in [3.63, 3.8) is 0 Å². The average Bonchev–Trinajstić information content (AvgIpc) is 2.35. The molecule has 0 amide bonds. The predicted molar refractivity (Wildman–Crippen MR) is 60.1 cm³/mol. The molecule has 0 radical (unpaired) electrons. The molecule has 6 heteroatoms. The molecule has 0 saturated carbocycles. The zero-order valence-electron chi connectivity index (χ0n) is 9.21. The molecule has 1 aromatic rings. The van der Waals surface area contributed by atoms with Crippen LogP contribution in [0.25, 0.3) is 0 Å². The molecule has 0 fully saturated rings. The number of carbonyl (C=O) groups excluding carboxylic acids is 1. The Morgan fingerprint density at radius 3 is 2.82 bits per heavy atom. The largest absolute Gasteiger partial charge is 0.489 e. The summed E-state index contributed by atoms with van der Waals surface area (Å²) in [5, 5.41) is 10.6. The molecule has 17 heavy (non-hydrogen) atoms. The zero-order valence-corrected chi connectivity index (χ0v) is 9.21. The minimum atomic E-state index is -0.687. The fourth-order valence-corrected chi connectivity index (χ4v) is 1.18. The second-order valence-corrected chi connectivity index (χ2v) is 3.03. The lowest BCUT2D eigenvalue weighted by Gasteiger charge is -2.08. The highest BCUT2D eigenvalue weighted by atomic mass is 16.6. The Morgan fingerprint density at radius 2 is 2.29 bits per heavy atom. The molecule has 90 valence electrons. The smallest absolute Gasteiger partial charge is 0.341 e. The van der Waals surface area contributed by atoms with Gasteiger partial charge in [-0.05, 0) is 6.07 Å². The van der Waals surface area contributed by atoms with Gasteiger partial charge in [0.15, 0.2) is 0 Å². The first-order valence-corrected chi connectivity index (χ1v) is 4.70. The number of rotatable bonds is 5. The van der Waals surface area contributed by atoms with E-state index in [1.807, 2.05) is 0 Å². The van der Waals surface area contributed by atoms with Crippen molar-refractivity contribution in [1.29, 1.82) is 0 Å². The van der Waals surface area contributed by atoms with Crippen LogP contribution in [-0.4, -0.2) is 24.6 Å². The van der Waals surface area contributed by atoms with Gasteiger partial charge in [-0.15, -0.1) is 0 Å². The van der Waals surface area contributed by atoms with Crippen LogP contribution in [0.4, 0.5) is 5.69 Å². The zero-order chi connectivity index (χ0) is 12.8. The Morgan fingerprint density at radius 1 is 1.59 bits per heavy atom. The Balaban J connectivity index is 3.16. The Hall–Kier alpha value is -2.37. The standard InChI is InChI=1S/C11H11NO5/c1-3-6-17-10-5-4-8(12(14)15)7-9(10)11(13)16-2/h3-5,7H,1,6H2,2H3. The monoisotopic (exact) mass is 237 g/mol. The van der Waals surface area contributed by atoms with E-state index in [0.717, 1.165) is 6.07 Å². The van der Waals surface area contributed by atoms with Gasteiger partial charge in [0.1, 0.15) is 17.9 Å². The van der Waals surface area contributed by atoms with E-state index in [-0.39, 0.29) is 23.6 Å². The fourth-order valence-electron chi connectivity index (χ4n) is 1.18. The molecule has 0 aromatic heterocycles. The van der Waals surface area contributed by atoms with Crippen LogP contribution in [-0.2, 0) is 4.74 Å². The Bertz CT molecular complexity index is 455. The van der Waals surface area contributed by atoms with E-state index in [4.69, 9.17) is 4.74 Å². The van der Waals surface area contributed by atoms with Crippen molar-refractivity contribution in [1.82, 2.24) is 0 Å². The van der Waals surface area contributed by atoms with E-state index < -0.39 is 10.9 Å². The normalized spacial score (nSPS) is 9.47. The van der Waals surface area contributed by atoms with Crippen molar-refractivity contribution in [3.8, 4) is 5.75 Å². The second kappa shape index (κ2) is 5.64. The Labute approximate surface area is 97.6 Å². The summed E-state index contributed by atoms with van der Waals surface area (Å²) >= 11 is 0. The molecule has 0 saturated heterocycles. The van der Waals surface area contributed by atoms with Gasteiger partial charge >= 0.3 is 5.97 Å². The number of non-ortho nitro benzene ring substituents is 1. The van der Waals surface area contributed by atoms with Crippen molar-refractivity contribution in [2.24, 2.45) is 0 Å². The molecule has 0 aliphatic heterocycles. The van der Waals surface area contributed by atoms with E-state index in [0.29, 0.717) is 0 Å². The summed E-state index contributed by atoms with van der Waals surface area (Å²) in [5.74, 6) is -0.463. The van der Waals surface area contributed by atoms with Gasteiger partial charge in [0.2, 0.25) is 0 Å². The highest BCUT2D eigenvalue weighted by Gasteiger charge is 2.17. The van der Waals surface area contributed by atoms with Gasteiger partial charge in [-0.2, -0.15) is 0 Å². The molecular formula is C11H11NO5. The van der Waals surface area contributed by atoms with Crippen molar-refractivity contribution in [3.05, 3.63) is 46.5 Å². The van der Waals surface area contributed by atoms with E-state index in [2.05, 4.69) is 11.3 Å². The van der Waals surface area contributed by atoms with Crippen molar-refractivity contribution >= 4 is 11.7 Å². The quantitative estimate of drug-likeness (QED) is 0.338. The number of carbonyl (C=O) groups is 1. The van der Waals surface area contributed by atoms with E-state index in [1.165, 1.54) is 25.3 Å². The molecule has 1 aromatic carbocycles. The minimum absolute atomic E-state index is 0.0172. The van der Waals surface area contributed by atoms with Crippen LogP contribution in [0.3, 0.4) is 0 Å². The highest BCUT2D eigenvalue weighted by Crippen LogP contribution is 2.24. The lowest BCUT2D eigenvalue weighted by molar-refractivity contribution is -0.384. The molecule has 0 heterocycles. The number of nitro groups is 1. The number of nitro benzene ring substituents is 1. The number of benzene rings is 1. The van der Waals surface area contributed by atoms with Crippen LogP contribution in [0, 0.1) is 10.1 Å². The number of ether oxygens (including phenoxy) is 2. The summed E-state index contributed by atoms with van der Waals surface area (Å²) in [6.45, 7) is 3.66. The molecule has 0 N–H and O–H groups in total. The molecular weight excluding hydrogens is 226 g/mol. The van der Waals surface area contributed by atoms with Gasteiger partial charge in [-0.1, -0.05) is 12.7 Å². The van der Waals surface area contributed by atoms with Crippen LogP contribution >= 0.6 is 0 Å². The highest BCUT2D eigenvalue weighted by molar-refractivity contribution is 5.93. The summed E-state index contributed by atoms with van der Waals surface area (Å²) in [6.07, 6.45) is 1.50. The molecule has 6 nitrogen and oxygen atoms in total. The van der Waals surface area contributed by atoms with E-state index >= 15 is 0 Å². The maximum Gasteiger partial charge on any atom is 0.341 e. The number of hydrogen-bond donors (Lipinski definition) is 0. The molecule has 0 atom stereocenters. The van der Waals surface area contributed by atoms with Crippen LogP contribution < -0.4 is 4.74 Å². The first-order valence-electron chi connectivity index (χ1n) is 4.70. The maximum absolute atomic E-state index is 11.4. The lowest BCUT2D eigenvalue weighted by Crippen LogP contribution is -2.06. The summed E-state index contributed by atoms with van der Waals surface area (Å²) in [6, 6.07) is 3.73. The Kier molecular flexibility index (Phi) is 4.21. The molecule has 1 rings (SSSR count). The van der Waals surface area contributed by atoms with Crippen molar-refractivity contribution in [2.45, 2.75) is 0 Å². The second-order valence-electron chi connectivity index (χ2n) is 3.03. The van der Waals surface area contributed by atoms with Crippen molar-refractivity contribution < 1.29 is 19.2 Å². The van der Waals surface area contributed by atoms with E-state index in [9.17, 15) is 14.9 Å². The van der Waals surface area contributed by atoms with Gasteiger partial charge < -0.3 is 9.47 Å². The third kappa shape index (κ3) is 3.04. The first-order chi connectivity index (χ1) is 8.10. The van der Waals surface area contributed by atoms with Crippen LogP contribution in [0.2, 0.25) is 0 Å². The van der Waals surface area contributed by atoms with E-state index in [1.54, 1.807) is 0 Å². The van der Waals surface area contributed by atoms with Gasteiger partial charge in [0.25, 0.3) is 5.69 Å². The van der Waals surface area contributed by atoms with Crippen LogP contribution in [0.15, 0.2) is 30.9 Å². The van der Waals surface area contributed by atoms with Gasteiger partial charge in [-0.25, -0.2) is 4.79 Å². The maximum atomic E-state index is 11.4. The summed E-state index contributed by atoms with van der Waals surface area (Å²) < 4.78 is 9.73. The lowest BCUT2D eigenvalue weighted by atomic mass is 10.2. The van der Waals surface area contributed by atoms with Crippen molar-refractivity contribution in [2.75, 3.05) is 13.7 Å². The van der Waals surface area contributed by atoms with Crippen LogP contribution in [0.1, 0.15) is 10.4 Å². The number of methoxy groups -OCH3 is 1. The molecule has 0 spiro atoms. The molecule has 0 bridgehead atoms. The third-order valence-electron chi connectivity index (χ3n) is 1.94. The van der Waals surface area contributed by atoms with Gasteiger partial charge in [0.05, 0.1) is 12.0 Å². The van der Waals surface area contributed by atoms with Gasteiger partial charge in [-0.3, -0.25) is 10.1 Å². The van der Waals surface area contributed by atoms with Gasteiger partial charge in [0, 0.05) is 12.1 Å². The fraction of sp³-hybridized carbons (Fsp3) is 0.182. The first kappa shape index (κ1) is 12.7. The number of hydrogen-bond acceptors (Lipinski definition) is 5. The summed E-state index contributed by atoms with van der Waals surface area (Å²) in [5.41, 5.74) is -0.181. The SMILES string of the molecule is C=CCOc1ccc([N+](=O)[O-])cc1C(=O)OC. The third-order valence-corrected chi connectivity index (χ3v) is 1.94. The predicted octanol–water partition coefficient (Wildman–Crippen LogP) is 1.95. The minimum Gasteiger partial charge on any atom is -0.489 e. The molecule has 0 aliphatic carbocycles. The number of esters is 1. The topological polar surface area (TPSA) is 78.7 Å². The van der Waals surface area contributed by atoms with Crippen LogP contribution in [0.5, 0.6) is 5.75 Å². The molecule has 0 aliphatic rings. The average molecular weight is 237 g/mol.